The first-order valence-electron chi connectivity index (χ1n) is 6.08. The molecule has 0 radical (unpaired) electrons. The highest BCUT2D eigenvalue weighted by Gasteiger charge is 2.06. The fourth-order valence-electron chi connectivity index (χ4n) is 1.82. The maximum atomic E-state index is 8.98. The van der Waals surface area contributed by atoms with Crippen molar-refractivity contribution in [1.29, 1.82) is 5.26 Å². The molecule has 92 valence electrons. The number of nitrogens with one attached hydrogen (secondary N) is 1. The minimum Gasteiger partial charge on any atom is -0.302 e. The Kier molecular flexibility index (Phi) is 4.63. The van der Waals surface area contributed by atoms with Crippen LogP contribution in [-0.2, 0) is 0 Å². The van der Waals surface area contributed by atoms with Gasteiger partial charge in [0.25, 0.3) is 0 Å². The van der Waals surface area contributed by atoms with E-state index in [1.165, 1.54) is 15.7 Å². The molecule has 2 nitrogen and oxygen atoms in total. The SMILES string of the molecule is CCNC(C#N)CSc1ccc2ccccc2c1. The third-order valence-electron chi connectivity index (χ3n) is 2.74. The third-order valence-corrected chi connectivity index (χ3v) is 3.83. The zero-order valence-electron chi connectivity index (χ0n) is 10.4. The summed E-state index contributed by atoms with van der Waals surface area (Å²) in [4.78, 5) is 1.21. The number of nitrogens with zero attached hydrogens (tertiary/aromatic N) is 1. The van der Waals surface area contributed by atoms with Gasteiger partial charge in [0.05, 0.1) is 6.07 Å². The summed E-state index contributed by atoms with van der Waals surface area (Å²) in [6.07, 6.45) is 0. The lowest BCUT2D eigenvalue weighted by molar-refractivity contribution is 0.677. The molecule has 0 aliphatic carbocycles. The average Bonchev–Trinajstić information content (AvgIpc) is 2.43. The van der Waals surface area contributed by atoms with Crippen LogP contribution in [0.3, 0.4) is 0 Å². The van der Waals surface area contributed by atoms with Gasteiger partial charge in [0.15, 0.2) is 0 Å². The highest BCUT2D eigenvalue weighted by molar-refractivity contribution is 7.99. The number of hydrogen-bond donors (Lipinski definition) is 1. The van der Waals surface area contributed by atoms with Crippen LogP contribution in [0.4, 0.5) is 0 Å². The van der Waals surface area contributed by atoms with E-state index in [4.69, 9.17) is 5.26 Å². The van der Waals surface area contributed by atoms with Crippen LogP contribution in [-0.4, -0.2) is 18.3 Å². The summed E-state index contributed by atoms with van der Waals surface area (Å²) in [6.45, 7) is 2.85. The molecular weight excluding hydrogens is 240 g/mol. The van der Waals surface area contributed by atoms with Crippen molar-refractivity contribution in [3.05, 3.63) is 42.5 Å². The summed E-state index contributed by atoms with van der Waals surface area (Å²) in [6, 6.07) is 17.0. The second-order valence-electron chi connectivity index (χ2n) is 4.06. The molecule has 0 bridgehead atoms. The molecule has 2 aromatic rings. The minimum absolute atomic E-state index is 0.0773. The van der Waals surface area contributed by atoms with Gasteiger partial charge >= 0.3 is 0 Å². The molecule has 0 aliphatic rings. The topological polar surface area (TPSA) is 35.8 Å². The predicted octanol–water partition coefficient (Wildman–Crippen LogP) is 3.43. The van der Waals surface area contributed by atoms with E-state index in [0.29, 0.717) is 0 Å². The lowest BCUT2D eigenvalue weighted by Gasteiger charge is -2.09. The fourth-order valence-corrected chi connectivity index (χ4v) is 2.75. The molecule has 0 saturated heterocycles. The molecule has 18 heavy (non-hydrogen) atoms. The van der Waals surface area contributed by atoms with Crippen molar-refractivity contribution in [1.82, 2.24) is 5.32 Å². The van der Waals surface area contributed by atoms with Gasteiger partial charge in [-0.05, 0) is 29.4 Å². The van der Waals surface area contributed by atoms with E-state index in [1.807, 2.05) is 19.1 Å². The van der Waals surface area contributed by atoms with Gasteiger partial charge in [-0.3, -0.25) is 0 Å². The lowest BCUT2D eigenvalue weighted by atomic mass is 10.1. The molecule has 1 unspecified atom stereocenters. The first-order chi connectivity index (χ1) is 8.83. The quantitative estimate of drug-likeness (QED) is 0.832. The molecule has 0 fully saturated rings. The van der Waals surface area contributed by atoms with Gasteiger partial charge in [-0.25, -0.2) is 0 Å². The Balaban J connectivity index is 2.06. The zero-order chi connectivity index (χ0) is 12.8. The van der Waals surface area contributed by atoms with Crippen LogP contribution in [0, 0.1) is 11.3 Å². The summed E-state index contributed by atoms with van der Waals surface area (Å²) in [5, 5.41) is 14.6. The maximum Gasteiger partial charge on any atom is 0.105 e. The minimum atomic E-state index is -0.0773. The Bertz CT molecular complexity index is 560. The Morgan fingerprint density at radius 2 is 2.00 bits per heavy atom. The normalized spacial score (nSPS) is 12.2. The molecule has 1 atom stereocenters. The van der Waals surface area contributed by atoms with Crippen molar-refractivity contribution in [2.45, 2.75) is 17.9 Å². The van der Waals surface area contributed by atoms with E-state index in [9.17, 15) is 0 Å². The van der Waals surface area contributed by atoms with E-state index in [2.05, 4.69) is 41.7 Å². The van der Waals surface area contributed by atoms with Gasteiger partial charge in [-0.2, -0.15) is 5.26 Å². The number of fused-ring (bicyclic) bond motifs is 1. The van der Waals surface area contributed by atoms with Crippen LogP contribution in [0.2, 0.25) is 0 Å². The van der Waals surface area contributed by atoms with E-state index in [0.717, 1.165) is 12.3 Å². The van der Waals surface area contributed by atoms with Crippen LogP contribution in [0.5, 0.6) is 0 Å². The summed E-state index contributed by atoms with van der Waals surface area (Å²) in [5.41, 5.74) is 0. The fraction of sp³-hybridized carbons (Fsp3) is 0.267. The molecule has 2 aromatic carbocycles. The molecule has 0 aromatic heterocycles. The highest BCUT2D eigenvalue weighted by Crippen LogP contribution is 2.23. The smallest absolute Gasteiger partial charge is 0.105 e. The summed E-state index contributed by atoms with van der Waals surface area (Å²) in [5.74, 6) is 0.780. The number of benzene rings is 2. The van der Waals surface area contributed by atoms with Crippen LogP contribution in [0.1, 0.15) is 6.92 Å². The molecule has 1 N–H and O–H groups in total. The molecule has 0 aliphatic heterocycles. The molecule has 0 heterocycles. The molecule has 0 spiro atoms. The van der Waals surface area contributed by atoms with Crippen molar-refractivity contribution in [2.75, 3.05) is 12.3 Å². The van der Waals surface area contributed by atoms with Gasteiger partial charge in [-0.1, -0.05) is 37.3 Å². The van der Waals surface area contributed by atoms with Gasteiger partial charge < -0.3 is 5.32 Å². The first-order valence-corrected chi connectivity index (χ1v) is 7.06. The Labute approximate surface area is 112 Å². The summed E-state index contributed by atoms with van der Waals surface area (Å²) >= 11 is 1.72. The van der Waals surface area contributed by atoms with Crippen LogP contribution >= 0.6 is 11.8 Å². The van der Waals surface area contributed by atoms with Crippen molar-refractivity contribution < 1.29 is 0 Å². The second-order valence-corrected chi connectivity index (χ2v) is 5.15. The molecular formula is C15H16N2S. The van der Waals surface area contributed by atoms with Crippen molar-refractivity contribution in [3.63, 3.8) is 0 Å². The summed E-state index contributed by atoms with van der Waals surface area (Å²) < 4.78 is 0. The van der Waals surface area contributed by atoms with Crippen molar-refractivity contribution in [2.24, 2.45) is 0 Å². The molecule has 0 saturated carbocycles. The van der Waals surface area contributed by atoms with E-state index >= 15 is 0 Å². The molecule has 2 rings (SSSR count). The van der Waals surface area contributed by atoms with Gasteiger partial charge in [0.1, 0.15) is 6.04 Å². The first kappa shape index (κ1) is 12.9. The number of thioether (sulfide) groups is 1. The second kappa shape index (κ2) is 6.44. The van der Waals surface area contributed by atoms with Gasteiger partial charge in [-0.15, -0.1) is 11.8 Å². The highest BCUT2D eigenvalue weighted by atomic mass is 32.2. The van der Waals surface area contributed by atoms with Crippen LogP contribution < -0.4 is 5.32 Å². The molecule has 3 heteroatoms. The zero-order valence-corrected chi connectivity index (χ0v) is 11.2. The number of hydrogen-bond acceptors (Lipinski definition) is 3. The van der Waals surface area contributed by atoms with Gasteiger partial charge in [0.2, 0.25) is 0 Å². The monoisotopic (exact) mass is 256 g/mol. The summed E-state index contributed by atoms with van der Waals surface area (Å²) in [7, 11) is 0. The van der Waals surface area contributed by atoms with Gasteiger partial charge in [0, 0.05) is 10.6 Å². The third kappa shape index (κ3) is 3.25. The van der Waals surface area contributed by atoms with E-state index in [-0.39, 0.29) is 6.04 Å². The van der Waals surface area contributed by atoms with E-state index in [1.54, 1.807) is 11.8 Å². The number of rotatable bonds is 5. The standard InChI is InChI=1S/C15H16N2S/c1-2-17-14(10-16)11-18-15-8-7-12-5-3-4-6-13(12)9-15/h3-9,14,17H,2,11H2,1H3. The van der Waals surface area contributed by atoms with Crippen molar-refractivity contribution >= 4 is 22.5 Å². The van der Waals surface area contributed by atoms with Crippen LogP contribution in [0.15, 0.2) is 47.4 Å². The lowest BCUT2D eigenvalue weighted by Crippen LogP contribution is -2.29. The Morgan fingerprint density at radius 3 is 2.72 bits per heavy atom. The number of nitriles is 1. The predicted molar refractivity (Wildman–Crippen MR) is 77.7 cm³/mol. The Hall–Kier alpha value is -1.50. The maximum absolute atomic E-state index is 8.98. The van der Waals surface area contributed by atoms with Crippen molar-refractivity contribution in [3.8, 4) is 6.07 Å². The van der Waals surface area contributed by atoms with E-state index < -0.39 is 0 Å². The van der Waals surface area contributed by atoms with Crippen LogP contribution in [0.25, 0.3) is 10.8 Å². The largest absolute Gasteiger partial charge is 0.302 e. The Morgan fingerprint density at radius 1 is 1.22 bits per heavy atom. The molecule has 0 amide bonds. The average molecular weight is 256 g/mol.